The summed E-state index contributed by atoms with van der Waals surface area (Å²) in [5.41, 5.74) is 0.147. The van der Waals surface area contributed by atoms with Crippen LogP contribution in [0.15, 0.2) is 42.5 Å². The highest BCUT2D eigenvalue weighted by molar-refractivity contribution is 6.02. The summed E-state index contributed by atoms with van der Waals surface area (Å²) < 4.78 is 5.51. The van der Waals surface area contributed by atoms with Crippen molar-refractivity contribution in [3.63, 3.8) is 0 Å². The molecule has 0 radical (unpaired) electrons. The molecule has 0 fully saturated rings. The first-order valence-electron chi connectivity index (χ1n) is 6.96. The van der Waals surface area contributed by atoms with Crippen LogP contribution in [0.25, 0.3) is 0 Å². The Kier molecular flexibility index (Phi) is 5.16. The minimum atomic E-state index is -1.36. The third kappa shape index (κ3) is 4.33. The van der Waals surface area contributed by atoms with Gasteiger partial charge in [0.15, 0.2) is 0 Å². The summed E-state index contributed by atoms with van der Waals surface area (Å²) in [6, 6.07) is 10.4. The maximum atomic E-state index is 11.1. The van der Waals surface area contributed by atoms with Crippen LogP contribution in [0.4, 0.5) is 0 Å². The zero-order chi connectivity index (χ0) is 17.7. The van der Waals surface area contributed by atoms with Crippen LogP contribution < -0.4 is 4.74 Å². The van der Waals surface area contributed by atoms with Crippen LogP contribution >= 0.6 is 0 Å². The molecular formula is C17H14O7. The molecule has 0 saturated carbocycles. The van der Waals surface area contributed by atoms with Crippen LogP contribution in [0.2, 0.25) is 0 Å². The zero-order valence-electron chi connectivity index (χ0n) is 12.4. The highest BCUT2D eigenvalue weighted by Crippen LogP contribution is 2.25. The Morgan fingerprint density at radius 1 is 0.792 bits per heavy atom. The van der Waals surface area contributed by atoms with E-state index in [9.17, 15) is 14.4 Å². The van der Waals surface area contributed by atoms with E-state index in [1.54, 1.807) is 24.3 Å². The quantitative estimate of drug-likeness (QED) is 0.713. The van der Waals surface area contributed by atoms with Gasteiger partial charge < -0.3 is 20.1 Å². The van der Waals surface area contributed by atoms with E-state index in [1.165, 1.54) is 12.1 Å². The molecule has 24 heavy (non-hydrogen) atoms. The molecule has 0 heterocycles. The van der Waals surface area contributed by atoms with Crippen LogP contribution in [0.3, 0.4) is 0 Å². The van der Waals surface area contributed by atoms with E-state index in [-0.39, 0.29) is 23.3 Å². The maximum absolute atomic E-state index is 11.1. The van der Waals surface area contributed by atoms with Crippen molar-refractivity contribution < 1.29 is 34.4 Å². The number of carboxylic acids is 3. The third-order valence-corrected chi connectivity index (χ3v) is 3.24. The van der Waals surface area contributed by atoms with Gasteiger partial charge in [-0.3, -0.25) is 4.79 Å². The average Bonchev–Trinajstić information content (AvgIpc) is 2.53. The Bertz CT molecular complexity index is 778. The van der Waals surface area contributed by atoms with E-state index < -0.39 is 17.9 Å². The predicted octanol–water partition coefficient (Wildman–Crippen LogP) is 2.89. The Balaban J connectivity index is 2.16. The predicted molar refractivity (Wildman–Crippen MR) is 82.8 cm³/mol. The smallest absolute Gasteiger partial charge is 0.336 e. The molecule has 0 atom stereocenters. The number of rotatable bonds is 7. The molecule has 0 spiro atoms. The third-order valence-electron chi connectivity index (χ3n) is 3.24. The molecule has 0 unspecified atom stereocenters. The molecule has 0 saturated heterocycles. The number of carboxylic acid groups (broad SMARTS) is 3. The Morgan fingerprint density at radius 2 is 1.38 bits per heavy atom. The molecule has 3 N–H and O–H groups in total. The Hall–Kier alpha value is -3.35. The van der Waals surface area contributed by atoms with Gasteiger partial charge in [0.1, 0.15) is 11.5 Å². The molecule has 7 nitrogen and oxygen atoms in total. The molecule has 0 aliphatic heterocycles. The van der Waals surface area contributed by atoms with Crippen LogP contribution in [-0.4, -0.2) is 33.2 Å². The number of hydrogen-bond donors (Lipinski definition) is 3. The van der Waals surface area contributed by atoms with E-state index in [0.717, 1.165) is 11.6 Å². The van der Waals surface area contributed by atoms with Crippen LogP contribution in [0, 0.1) is 0 Å². The van der Waals surface area contributed by atoms with Crippen molar-refractivity contribution in [1.82, 2.24) is 0 Å². The SMILES string of the molecule is O=C(O)CCc1ccc(Oc2ccc(C(=O)O)c(C(=O)O)c2)cc1. The van der Waals surface area contributed by atoms with Gasteiger partial charge in [0.05, 0.1) is 11.1 Å². The van der Waals surface area contributed by atoms with Gasteiger partial charge in [0.25, 0.3) is 0 Å². The monoisotopic (exact) mass is 330 g/mol. The van der Waals surface area contributed by atoms with Crippen molar-refractivity contribution in [2.24, 2.45) is 0 Å². The summed E-state index contributed by atoms with van der Waals surface area (Å²) in [7, 11) is 0. The van der Waals surface area contributed by atoms with Gasteiger partial charge in [-0.25, -0.2) is 9.59 Å². The lowest BCUT2D eigenvalue weighted by molar-refractivity contribution is -0.136. The number of ether oxygens (including phenoxy) is 1. The first kappa shape index (κ1) is 17.0. The fraction of sp³-hybridized carbons (Fsp3) is 0.118. The summed E-state index contributed by atoms with van der Waals surface area (Å²) in [5.74, 6) is -2.96. The van der Waals surface area contributed by atoms with Crippen LogP contribution in [0.1, 0.15) is 32.7 Å². The molecule has 0 amide bonds. The Morgan fingerprint density at radius 3 is 1.92 bits per heavy atom. The molecule has 124 valence electrons. The molecule has 0 bridgehead atoms. The van der Waals surface area contributed by atoms with Gasteiger partial charge in [-0.2, -0.15) is 0 Å². The molecule has 2 rings (SSSR count). The lowest BCUT2D eigenvalue weighted by Gasteiger charge is -2.09. The van der Waals surface area contributed by atoms with Crippen molar-refractivity contribution in [1.29, 1.82) is 0 Å². The molecule has 7 heteroatoms. The van der Waals surface area contributed by atoms with Gasteiger partial charge >= 0.3 is 17.9 Å². The van der Waals surface area contributed by atoms with Crippen molar-refractivity contribution in [3.05, 3.63) is 59.2 Å². The first-order chi connectivity index (χ1) is 11.4. The summed E-state index contributed by atoms with van der Waals surface area (Å²) in [4.78, 5) is 32.7. The number of aromatic carboxylic acids is 2. The minimum Gasteiger partial charge on any atom is -0.481 e. The lowest BCUT2D eigenvalue weighted by Crippen LogP contribution is -2.07. The molecule has 2 aromatic carbocycles. The van der Waals surface area contributed by atoms with Crippen molar-refractivity contribution in [3.8, 4) is 11.5 Å². The largest absolute Gasteiger partial charge is 0.481 e. The van der Waals surface area contributed by atoms with Gasteiger partial charge in [-0.1, -0.05) is 12.1 Å². The summed E-state index contributed by atoms with van der Waals surface area (Å²) in [6.45, 7) is 0. The second-order valence-corrected chi connectivity index (χ2v) is 4.96. The molecule has 2 aromatic rings. The van der Waals surface area contributed by atoms with E-state index >= 15 is 0 Å². The standard InChI is InChI=1S/C17H14O7/c18-15(19)8-3-10-1-4-11(5-2-10)24-12-6-7-13(16(20)21)14(9-12)17(22)23/h1-2,4-7,9H,3,8H2,(H,18,19)(H,20,21)(H,22,23). The Labute approximate surface area is 136 Å². The number of benzene rings is 2. The van der Waals surface area contributed by atoms with Crippen molar-refractivity contribution >= 4 is 17.9 Å². The number of hydrogen-bond acceptors (Lipinski definition) is 4. The average molecular weight is 330 g/mol. The summed E-state index contributed by atoms with van der Waals surface area (Å²) in [5, 5.41) is 26.7. The maximum Gasteiger partial charge on any atom is 0.336 e. The number of carbonyl (C=O) groups is 3. The highest BCUT2D eigenvalue weighted by Gasteiger charge is 2.17. The molecular weight excluding hydrogens is 316 g/mol. The van der Waals surface area contributed by atoms with Crippen molar-refractivity contribution in [2.75, 3.05) is 0 Å². The second kappa shape index (κ2) is 7.28. The zero-order valence-corrected chi connectivity index (χ0v) is 12.4. The van der Waals surface area contributed by atoms with E-state index in [4.69, 9.17) is 20.1 Å². The fourth-order valence-electron chi connectivity index (χ4n) is 2.06. The van der Waals surface area contributed by atoms with Crippen LogP contribution in [0.5, 0.6) is 11.5 Å². The summed E-state index contributed by atoms with van der Waals surface area (Å²) >= 11 is 0. The number of aliphatic carboxylic acids is 1. The molecule has 0 aliphatic rings. The number of aryl methyl sites for hydroxylation is 1. The fourth-order valence-corrected chi connectivity index (χ4v) is 2.06. The molecule has 0 aromatic heterocycles. The van der Waals surface area contributed by atoms with E-state index in [1.807, 2.05) is 0 Å². The molecule has 0 aliphatic carbocycles. The lowest BCUT2D eigenvalue weighted by atomic mass is 10.1. The first-order valence-corrected chi connectivity index (χ1v) is 6.96. The van der Waals surface area contributed by atoms with E-state index in [0.29, 0.717) is 12.2 Å². The topological polar surface area (TPSA) is 121 Å². The van der Waals surface area contributed by atoms with Gasteiger partial charge in [0, 0.05) is 6.42 Å². The highest BCUT2D eigenvalue weighted by atomic mass is 16.5. The summed E-state index contributed by atoms with van der Waals surface area (Å²) in [6.07, 6.45) is 0.422. The van der Waals surface area contributed by atoms with Crippen molar-refractivity contribution in [2.45, 2.75) is 12.8 Å². The van der Waals surface area contributed by atoms with Crippen LogP contribution in [-0.2, 0) is 11.2 Å². The minimum absolute atomic E-state index is 0.0266. The second-order valence-electron chi connectivity index (χ2n) is 4.96. The van der Waals surface area contributed by atoms with Gasteiger partial charge in [0.2, 0.25) is 0 Å². The van der Waals surface area contributed by atoms with Gasteiger partial charge in [-0.05, 0) is 42.3 Å². The normalized spacial score (nSPS) is 10.2. The van der Waals surface area contributed by atoms with E-state index in [2.05, 4.69) is 0 Å². The van der Waals surface area contributed by atoms with Gasteiger partial charge in [-0.15, -0.1) is 0 Å².